The highest BCUT2D eigenvalue weighted by Crippen LogP contribution is 2.32. The van der Waals surface area contributed by atoms with Crippen LogP contribution < -0.4 is 10.1 Å². The first-order chi connectivity index (χ1) is 18.4. The Morgan fingerprint density at radius 2 is 1.58 bits per heavy atom. The summed E-state index contributed by atoms with van der Waals surface area (Å²) in [6.45, 7) is 2.40. The molecule has 4 nitrogen and oxygen atoms in total. The van der Waals surface area contributed by atoms with Crippen LogP contribution in [0.15, 0.2) is 96.6 Å². The molecule has 0 aromatic heterocycles. The third-order valence-corrected chi connectivity index (χ3v) is 7.15. The Hall–Kier alpha value is -4.30. The summed E-state index contributed by atoms with van der Waals surface area (Å²) in [5, 5.41) is 17.4. The third kappa shape index (κ3) is 5.21. The molecule has 0 saturated carbocycles. The lowest BCUT2D eigenvalue weighted by Gasteiger charge is -2.15. The lowest BCUT2D eigenvalue weighted by atomic mass is 9.99. The van der Waals surface area contributed by atoms with Crippen LogP contribution >= 0.6 is 23.2 Å². The molecule has 1 amide bonds. The number of amides is 1. The molecule has 5 rings (SSSR count). The number of hydrogen-bond donors (Lipinski definition) is 1. The highest BCUT2D eigenvalue weighted by molar-refractivity contribution is 6.42. The molecule has 0 aliphatic carbocycles. The summed E-state index contributed by atoms with van der Waals surface area (Å²) >= 11 is 12.1. The molecule has 0 atom stereocenters. The predicted molar refractivity (Wildman–Crippen MR) is 156 cm³/mol. The Labute approximate surface area is 230 Å². The lowest BCUT2D eigenvalue weighted by Crippen LogP contribution is -2.13. The van der Waals surface area contributed by atoms with Gasteiger partial charge in [0.25, 0.3) is 5.91 Å². The number of nitriles is 1. The molecule has 0 fully saturated rings. The Morgan fingerprint density at radius 3 is 2.32 bits per heavy atom. The van der Waals surface area contributed by atoms with Gasteiger partial charge in [-0.15, -0.1) is 0 Å². The number of nitrogens with zero attached hydrogens (tertiary/aromatic N) is 1. The Morgan fingerprint density at radius 1 is 0.895 bits per heavy atom. The van der Waals surface area contributed by atoms with Gasteiger partial charge in [0, 0.05) is 16.8 Å². The maximum absolute atomic E-state index is 13.0. The number of fused-ring (bicyclic) bond motifs is 2. The van der Waals surface area contributed by atoms with Crippen molar-refractivity contribution in [2.24, 2.45) is 0 Å². The van der Waals surface area contributed by atoms with Gasteiger partial charge < -0.3 is 10.1 Å². The smallest absolute Gasteiger partial charge is 0.266 e. The van der Waals surface area contributed by atoms with Crippen LogP contribution in [-0.2, 0) is 11.4 Å². The van der Waals surface area contributed by atoms with Crippen molar-refractivity contribution >= 4 is 62.4 Å². The zero-order valence-electron chi connectivity index (χ0n) is 20.5. The van der Waals surface area contributed by atoms with E-state index in [2.05, 4.69) is 36.5 Å². The summed E-state index contributed by atoms with van der Waals surface area (Å²) in [5.74, 6) is 0.0146. The zero-order valence-corrected chi connectivity index (χ0v) is 22.0. The van der Waals surface area contributed by atoms with Crippen molar-refractivity contribution in [3.05, 3.63) is 123 Å². The molecular formula is C32H22Cl2N2O2. The van der Waals surface area contributed by atoms with Gasteiger partial charge in [0.1, 0.15) is 24.0 Å². The summed E-state index contributed by atoms with van der Waals surface area (Å²) in [7, 11) is 0. The number of hydrogen-bond acceptors (Lipinski definition) is 3. The molecule has 0 saturated heterocycles. The van der Waals surface area contributed by atoms with Crippen molar-refractivity contribution in [3.8, 4) is 11.8 Å². The van der Waals surface area contributed by atoms with Crippen molar-refractivity contribution in [3.63, 3.8) is 0 Å². The molecule has 6 heteroatoms. The van der Waals surface area contributed by atoms with E-state index in [9.17, 15) is 10.1 Å². The Bertz CT molecular complexity index is 1770. The minimum atomic E-state index is -0.560. The van der Waals surface area contributed by atoms with Crippen LogP contribution in [0.3, 0.4) is 0 Å². The van der Waals surface area contributed by atoms with Gasteiger partial charge in [0.05, 0.1) is 10.0 Å². The second-order valence-corrected chi connectivity index (χ2v) is 9.64. The van der Waals surface area contributed by atoms with Gasteiger partial charge in [-0.1, -0.05) is 89.9 Å². The monoisotopic (exact) mass is 536 g/mol. The second-order valence-electron chi connectivity index (χ2n) is 8.82. The molecule has 0 radical (unpaired) electrons. The second kappa shape index (κ2) is 11.0. The van der Waals surface area contributed by atoms with Crippen LogP contribution in [0.4, 0.5) is 5.69 Å². The number of ether oxygens (including phenoxy) is 1. The number of nitrogens with one attached hydrogen (secondary N) is 1. The molecular weight excluding hydrogens is 515 g/mol. The number of rotatable bonds is 6. The van der Waals surface area contributed by atoms with Crippen LogP contribution in [0.2, 0.25) is 10.0 Å². The Balaban J connectivity index is 1.53. The zero-order chi connectivity index (χ0) is 26.6. The van der Waals surface area contributed by atoms with E-state index in [-0.39, 0.29) is 5.57 Å². The maximum atomic E-state index is 13.0. The molecule has 5 aromatic carbocycles. The quantitative estimate of drug-likeness (QED) is 0.174. The van der Waals surface area contributed by atoms with Crippen molar-refractivity contribution in [2.45, 2.75) is 13.5 Å². The number of benzene rings is 5. The molecule has 0 unspecified atom stereocenters. The first kappa shape index (κ1) is 25.4. The SMILES string of the molecule is Cc1ccc2ccccc2c1COc1ccc2ccccc2c1/C=C(\C#N)C(=O)Nc1ccc(Cl)c(Cl)c1. The van der Waals surface area contributed by atoms with Crippen LogP contribution in [-0.4, -0.2) is 5.91 Å². The first-order valence-electron chi connectivity index (χ1n) is 11.9. The van der Waals surface area contributed by atoms with Crippen molar-refractivity contribution in [2.75, 3.05) is 5.32 Å². The summed E-state index contributed by atoms with van der Waals surface area (Å²) in [6.07, 6.45) is 1.57. The molecule has 38 heavy (non-hydrogen) atoms. The molecule has 1 N–H and O–H groups in total. The van der Waals surface area contributed by atoms with Gasteiger partial charge in [-0.2, -0.15) is 5.26 Å². The Kier molecular flexibility index (Phi) is 7.33. The van der Waals surface area contributed by atoms with Crippen LogP contribution in [0.5, 0.6) is 5.75 Å². The summed E-state index contributed by atoms with van der Waals surface area (Å²) in [6, 6.07) is 30.8. The molecule has 0 aliphatic rings. The number of anilines is 1. The van der Waals surface area contributed by atoms with E-state index in [0.717, 1.165) is 32.7 Å². The standard InChI is InChI=1S/C32H22Cl2N2O2/c1-20-10-11-21-6-3-5-9-26(21)28(20)19-38-31-15-12-22-7-2-4-8-25(22)27(31)16-23(18-35)32(37)36-24-13-14-29(33)30(34)17-24/h2-17H,19H2,1H3,(H,36,37)/b23-16+. The van der Waals surface area contributed by atoms with E-state index >= 15 is 0 Å². The van der Waals surface area contributed by atoms with Crippen molar-refractivity contribution in [1.29, 1.82) is 5.26 Å². The number of carbonyl (C=O) groups is 1. The summed E-state index contributed by atoms with van der Waals surface area (Å²) in [4.78, 5) is 13.0. The predicted octanol–water partition coefficient (Wildman–Crippen LogP) is 8.73. The van der Waals surface area contributed by atoms with E-state index < -0.39 is 5.91 Å². The molecule has 0 aliphatic heterocycles. The maximum Gasteiger partial charge on any atom is 0.266 e. The molecule has 0 heterocycles. The first-order valence-corrected chi connectivity index (χ1v) is 12.7. The molecule has 186 valence electrons. The number of carbonyl (C=O) groups excluding carboxylic acids is 1. The molecule has 0 spiro atoms. The molecule has 5 aromatic rings. The van der Waals surface area contributed by atoms with Crippen LogP contribution in [0, 0.1) is 18.3 Å². The van der Waals surface area contributed by atoms with Gasteiger partial charge >= 0.3 is 0 Å². The van der Waals surface area contributed by atoms with Gasteiger partial charge in [-0.3, -0.25) is 4.79 Å². The minimum absolute atomic E-state index is 0.0707. The van der Waals surface area contributed by atoms with E-state index in [1.165, 1.54) is 6.07 Å². The van der Waals surface area contributed by atoms with E-state index in [0.29, 0.717) is 33.7 Å². The average molecular weight is 537 g/mol. The summed E-state index contributed by atoms with van der Waals surface area (Å²) in [5.41, 5.74) is 3.23. The van der Waals surface area contributed by atoms with Gasteiger partial charge in [-0.05, 0) is 64.4 Å². The lowest BCUT2D eigenvalue weighted by molar-refractivity contribution is -0.112. The minimum Gasteiger partial charge on any atom is -0.488 e. The van der Waals surface area contributed by atoms with E-state index in [1.54, 1.807) is 18.2 Å². The van der Waals surface area contributed by atoms with E-state index in [1.807, 2.05) is 54.6 Å². The fraction of sp³-hybridized carbons (Fsp3) is 0.0625. The highest BCUT2D eigenvalue weighted by atomic mass is 35.5. The van der Waals surface area contributed by atoms with Crippen molar-refractivity contribution in [1.82, 2.24) is 0 Å². The van der Waals surface area contributed by atoms with E-state index in [4.69, 9.17) is 27.9 Å². The molecule has 0 bridgehead atoms. The summed E-state index contributed by atoms with van der Waals surface area (Å²) < 4.78 is 6.37. The van der Waals surface area contributed by atoms with Crippen LogP contribution in [0.25, 0.3) is 27.6 Å². The van der Waals surface area contributed by atoms with Gasteiger partial charge in [0.15, 0.2) is 0 Å². The fourth-order valence-corrected chi connectivity index (χ4v) is 4.70. The van der Waals surface area contributed by atoms with Gasteiger partial charge in [0.2, 0.25) is 0 Å². The largest absolute Gasteiger partial charge is 0.488 e. The van der Waals surface area contributed by atoms with Crippen LogP contribution in [0.1, 0.15) is 16.7 Å². The fourth-order valence-electron chi connectivity index (χ4n) is 4.40. The highest BCUT2D eigenvalue weighted by Gasteiger charge is 2.15. The third-order valence-electron chi connectivity index (χ3n) is 6.41. The van der Waals surface area contributed by atoms with Gasteiger partial charge in [-0.25, -0.2) is 0 Å². The normalized spacial score (nSPS) is 11.4. The average Bonchev–Trinajstić information content (AvgIpc) is 2.93. The van der Waals surface area contributed by atoms with Crippen molar-refractivity contribution < 1.29 is 9.53 Å². The number of aryl methyl sites for hydroxylation is 1. The number of halogens is 2. The topological polar surface area (TPSA) is 62.1 Å².